The van der Waals surface area contributed by atoms with E-state index in [1.807, 2.05) is 0 Å². The minimum absolute atomic E-state index is 0.0426. The second-order valence-corrected chi connectivity index (χ2v) is 5.38. The van der Waals surface area contributed by atoms with Crippen molar-refractivity contribution in [2.45, 2.75) is 18.4 Å². The lowest BCUT2D eigenvalue weighted by atomic mass is 9.78. The quantitative estimate of drug-likeness (QED) is 0.749. The highest BCUT2D eigenvalue weighted by Crippen LogP contribution is 2.45. The van der Waals surface area contributed by atoms with Crippen molar-refractivity contribution in [3.63, 3.8) is 0 Å². The average molecular weight is 237 g/mol. The summed E-state index contributed by atoms with van der Waals surface area (Å²) < 4.78 is 6.03. The largest absolute Gasteiger partial charge is 0.368 e. The van der Waals surface area contributed by atoms with Gasteiger partial charge in [-0.1, -0.05) is 0 Å². The Morgan fingerprint density at radius 3 is 3.44 bits per heavy atom. The summed E-state index contributed by atoms with van der Waals surface area (Å²) in [6, 6.07) is 2.17. The Bertz CT molecular complexity index is 403. The predicted molar refractivity (Wildman–Crippen MR) is 62.7 cm³/mol. The zero-order valence-electron chi connectivity index (χ0n) is 9.07. The first-order valence-electron chi connectivity index (χ1n) is 5.73. The van der Waals surface area contributed by atoms with E-state index in [2.05, 4.69) is 16.8 Å². The van der Waals surface area contributed by atoms with E-state index in [1.54, 1.807) is 11.3 Å². The first-order valence-corrected chi connectivity index (χ1v) is 6.61. The van der Waals surface area contributed by atoms with E-state index in [9.17, 15) is 4.79 Å². The standard InChI is InChI=1S/C12H15NO2S/c14-8-10-7-13-4-3-12(10)11-9(1-5-15-12)2-6-16-11/h2,6,8,10,13H,1,3-5,7H2. The van der Waals surface area contributed by atoms with Crippen molar-refractivity contribution < 1.29 is 9.53 Å². The van der Waals surface area contributed by atoms with Crippen LogP contribution in [0.5, 0.6) is 0 Å². The monoisotopic (exact) mass is 237 g/mol. The Hall–Kier alpha value is -0.710. The number of aldehydes is 1. The topological polar surface area (TPSA) is 38.3 Å². The molecule has 0 radical (unpaired) electrons. The average Bonchev–Trinajstić information content (AvgIpc) is 2.80. The number of carbonyl (C=O) groups is 1. The Balaban J connectivity index is 2.07. The van der Waals surface area contributed by atoms with Crippen molar-refractivity contribution in [1.82, 2.24) is 5.32 Å². The third-order valence-electron chi connectivity index (χ3n) is 3.66. The molecule has 0 aliphatic carbocycles. The van der Waals surface area contributed by atoms with Crippen LogP contribution in [0.2, 0.25) is 0 Å². The SMILES string of the molecule is O=CC1CNCCC12OCCc1ccsc12. The molecule has 0 amide bonds. The molecule has 0 bridgehead atoms. The molecule has 2 atom stereocenters. The van der Waals surface area contributed by atoms with Gasteiger partial charge in [-0.05, 0) is 36.4 Å². The van der Waals surface area contributed by atoms with E-state index in [-0.39, 0.29) is 11.5 Å². The van der Waals surface area contributed by atoms with Gasteiger partial charge in [0.2, 0.25) is 0 Å². The van der Waals surface area contributed by atoms with Crippen LogP contribution in [0.25, 0.3) is 0 Å². The molecule has 3 nitrogen and oxygen atoms in total. The summed E-state index contributed by atoms with van der Waals surface area (Å²) in [6.07, 6.45) is 2.95. The Morgan fingerprint density at radius 1 is 1.62 bits per heavy atom. The van der Waals surface area contributed by atoms with Gasteiger partial charge in [0, 0.05) is 11.4 Å². The minimum Gasteiger partial charge on any atom is -0.368 e. The third kappa shape index (κ3) is 1.37. The summed E-state index contributed by atoms with van der Waals surface area (Å²) in [7, 11) is 0. The fourth-order valence-electron chi connectivity index (χ4n) is 2.81. The van der Waals surface area contributed by atoms with Crippen molar-refractivity contribution in [3.05, 3.63) is 21.9 Å². The summed E-state index contributed by atoms with van der Waals surface area (Å²) in [5.41, 5.74) is 1.05. The maximum atomic E-state index is 11.2. The summed E-state index contributed by atoms with van der Waals surface area (Å²) in [4.78, 5) is 12.5. The van der Waals surface area contributed by atoms with Crippen LogP contribution in [-0.4, -0.2) is 26.0 Å². The molecule has 4 heteroatoms. The number of hydrogen-bond donors (Lipinski definition) is 1. The van der Waals surface area contributed by atoms with Gasteiger partial charge in [0.15, 0.2) is 0 Å². The van der Waals surface area contributed by atoms with Gasteiger partial charge in [-0.25, -0.2) is 0 Å². The lowest BCUT2D eigenvalue weighted by Crippen LogP contribution is -2.52. The molecule has 0 aromatic carbocycles. The molecule has 1 fully saturated rings. The summed E-state index contributed by atoms with van der Waals surface area (Å²) in [6.45, 7) is 2.41. The highest BCUT2D eigenvalue weighted by atomic mass is 32.1. The van der Waals surface area contributed by atoms with Gasteiger partial charge in [0.05, 0.1) is 12.5 Å². The van der Waals surface area contributed by atoms with Crippen LogP contribution in [-0.2, 0) is 21.6 Å². The summed E-state index contributed by atoms with van der Waals surface area (Å²) in [5, 5.41) is 5.39. The molecule has 2 aliphatic heterocycles. The zero-order chi connectivity index (χ0) is 11.0. The maximum Gasteiger partial charge on any atom is 0.127 e. The van der Waals surface area contributed by atoms with Gasteiger partial charge in [-0.2, -0.15) is 0 Å². The van der Waals surface area contributed by atoms with Gasteiger partial charge in [0.25, 0.3) is 0 Å². The number of carbonyl (C=O) groups excluding carboxylic acids is 1. The van der Waals surface area contributed by atoms with Crippen LogP contribution in [0.15, 0.2) is 11.4 Å². The molecule has 0 saturated carbocycles. The molecule has 1 aromatic heterocycles. The fraction of sp³-hybridized carbons (Fsp3) is 0.583. The maximum absolute atomic E-state index is 11.2. The zero-order valence-corrected chi connectivity index (χ0v) is 9.89. The lowest BCUT2D eigenvalue weighted by molar-refractivity contribution is -0.138. The number of nitrogens with one attached hydrogen (secondary N) is 1. The number of fused-ring (bicyclic) bond motifs is 2. The molecule has 1 saturated heterocycles. The number of ether oxygens (including phenoxy) is 1. The number of rotatable bonds is 1. The van der Waals surface area contributed by atoms with Crippen LogP contribution < -0.4 is 5.32 Å². The molecule has 2 unspecified atom stereocenters. The molecule has 16 heavy (non-hydrogen) atoms. The Kier molecular flexibility index (Phi) is 2.58. The lowest BCUT2D eigenvalue weighted by Gasteiger charge is -2.44. The van der Waals surface area contributed by atoms with Crippen LogP contribution in [0.1, 0.15) is 16.9 Å². The van der Waals surface area contributed by atoms with Crippen molar-refractivity contribution in [2.24, 2.45) is 5.92 Å². The van der Waals surface area contributed by atoms with E-state index >= 15 is 0 Å². The van der Waals surface area contributed by atoms with Crippen molar-refractivity contribution in [2.75, 3.05) is 19.7 Å². The smallest absolute Gasteiger partial charge is 0.127 e. The molecular weight excluding hydrogens is 222 g/mol. The van der Waals surface area contributed by atoms with Crippen LogP contribution >= 0.6 is 11.3 Å². The first-order chi connectivity index (χ1) is 7.87. The molecule has 1 N–H and O–H groups in total. The van der Waals surface area contributed by atoms with E-state index in [0.29, 0.717) is 0 Å². The normalized spacial score (nSPS) is 33.6. The Morgan fingerprint density at radius 2 is 2.56 bits per heavy atom. The molecule has 2 aliphatic rings. The highest BCUT2D eigenvalue weighted by Gasteiger charge is 2.47. The van der Waals surface area contributed by atoms with Crippen LogP contribution in [0, 0.1) is 5.92 Å². The van der Waals surface area contributed by atoms with Gasteiger partial charge in [-0.3, -0.25) is 0 Å². The summed E-state index contributed by atoms with van der Waals surface area (Å²) in [5.74, 6) is -0.0426. The molecule has 1 spiro atoms. The van der Waals surface area contributed by atoms with E-state index in [4.69, 9.17) is 4.74 Å². The minimum atomic E-state index is -0.325. The second kappa shape index (κ2) is 3.95. The molecular formula is C12H15NO2S. The van der Waals surface area contributed by atoms with Gasteiger partial charge >= 0.3 is 0 Å². The molecule has 1 aromatic rings. The van der Waals surface area contributed by atoms with E-state index in [1.165, 1.54) is 10.4 Å². The number of hydrogen-bond acceptors (Lipinski definition) is 4. The first kappa shape index (κ1) is 10.4. The Labute approximate surface area is 98.8 Å². The molecule has 3 heterocycles. The second-order valence-electron chi connectivity index (χ2n) is 4.46. The van der Waals surface area contributed by atoms with Crippen molar-refractivity contribution in [3.8, 4) is 0 Å². The van der Waals surface area contributed by atoms with Gasteiger partial charge in [-0.15, -0.1) is 11.3 Å². The van der Waals surface area contributed by atoms with E-state index < -0.39 is 0 Å². The number of thiophene rings is 1. The third-order valence-corrected chi connectivity index (χ3v) is 4.78. The predicted octanol–water partition coefficient (Wildman–Crippen LogP) is 1.32. The van der Waals surface area contributed by atoms with Crippen LogP contribution in [0.3, 0.4) is 0 Å². The molecule has 3 rings (SSSR count). The van der Waals surface area contributed by atoms with E-state index in [0.717, 1.165) is 38.8 Å². The van der Waals surface area contributed by atoms with Gasteiger partial charge in [0.1, 0.15) is 11.9 Å². The highest BCUT2D eigenvalue weighted by molar-refractivity contribution is 7.10. The van der Waals surface area contributed by atoms with Gasteiger partial charge < -0.3 is 14.8 Å². The fourth-order valence-corrected chi connectivity index (χ4v) is 4.02. The molecule has 86 valence electrons. The van der Waals surface area contributed by atoms with Crippen LogP contribution in [0.4, 0.5) is 0 Å². The summed E-state index contributed by atoms with van der Waals surface area (Å²) >= 11 is 1.74. The van der Waals surface area contributed by atoms with Crippen molar-refractivity contribution >= 4 is 17.6 Å². The number of piperidine rings is 1. The van der Waals surface area contributed by atoms with Crippen molar-refractivity contribution in [1.29, 1.82) is 0 Å².